The number of nitrogens with zero attached hydrogens (tertiary/aromatic N) is 2. The van der Waals surface area contributed by atoms with E-state index >= 15 is 0 Å². The van der Waals surface area contributed by atoms with Crippen LogP contribution in [-0.4, -0.2) is 52.9 Å². The van der Waals surface area contributed by atoms with Crippen molar-refractivity contribution in [2.24, 2.45) is 5.41 Å². The molecular weight excluding hydrogens is 248 g/mol. The highest BCUT2D eigenvalue weighted by Gasteiger charge is 2.66. The topological polar surface area (TPSA) is 26.7 Å². The fourth-order valence-electron chi connectivity index (χ4n) is 4.86. The van der Waals surface area contributed by atoms with Crippen LogP contribution in [0.25, 0.3) is 0 Å². The van der Waals surface area contributed by atoms with E-state index in [1.54, 1.807) is 0 Å². The molecule has 3 unspecified atom stereocenters. The van der Waals surface area contributed by atoms with Crippen LogP contribution in [0.3, 0.4) is 0 Å². The van der Waals surface area contributed by atoms with Crippen LogP contribution in [0.1, 0.15) is 26.3 Å². The minimum Gasteiger partial charge on any atom is -0.391 e. The van der Waals surface area contributed by atoms with Gasteiger partial charge in [0.2, 0.25) is 0 Å². The quantitative estimate of drug-likeness (QED) is 0.842. The van der Waals surface area contributed by atoms with Crippen LogP contribution in [-0.2, 0) is 5.41 Å². The van der Waals surface area contributed by atoms with Gasteiger partial charge in [0.25, 0.3) is 0 Å². The molecule has 1 aromatic rings. The first-order chi connectivity index (χ1) is 9.38. The fourth-order valence-corrected chi connectivity index (χ4v) is 4.86. The average Bonchev–Trinajstić information content (AvgIpc) is 2.40. The summed E-state index contributed by atoms with van der Waals surface area (Å²) in [7, 11) is 0. The number of aliphatic hydroxyl groups excluding tert-OH is 1. The molecule has 108 valence electrons. The molecule has 1 aromatic carbocycles. The third-order valence-corrected chi connectivity index (χ3v) is 6.13. The predicted octanol–water partition coefficient (Wildman–Crippen LogP) is 1.67. The summed E-state index contributed by atoms with van der Waals surface area (Å²) in [6.07, 6.45) is -0.249. The van der Waals surface area contributed by atoms with Gasteiger partial charge in [-0.25, -0.2) is 0 Å². The number of aliphatic hydroxyl groups is 1. The van der Waals surface area contributed by atoms with Crippen LogP contribution in [0.4, 0.5) is 0 Å². The zero-order valence-corrected chi connectivity index (χ0v) is 12.6. The van der Waals surface area contributed by atoms with E-state index in [-0.39, 0.29) is 22.6 Å². The van der Waals surface area contributed by atoms with Crippen molar-refractivity contribution >= 4 is 0 Å². The lowest BCUT2D eigenvalue weighted by molar-refractivity contribution is -0.258. The molecule has 4 bridgehead atoms. The van der Waals surface area contributed by atoms with E-state index in [0.29, 0.717) is 0 Å². The van der Waals surface area contributed by atoms with Crippen molar-refractivity contribution < 1.29 is 5.11 Å². The van der Waals surface area contributed by atoms with Gasteiger partial charge in [-0.15, -0.1) is 0 Å². The first-order valence-electron chi connectivity index (χ1n) is 7.62. The molecule has 1 N–H and O–H groups in total. The van der Waals surface area contributed by atoms with Gasteiger partial charge in [-0.3, -0.25) is 9.80 Å². The second-order valence-corrected chi connectivity index (χ2v) is 7.79. The summed E-state index contributed by atoms with van der Waals surface area (Å²) in [5.41, 5.74) is 1.28. The summed E-state index contributed by atoms with van der Waals surface area (Å²) < 4.78 is 0. The number of piperidine rings is 2. The van der Waals surface area contributed by atoms with Crippen LogP contribution in [0, 0.1) is 5.41 Å². The first kappa shape index (κ1) is 12.8. The molecule has 3 nitrogen and oxygen atoms in total. The maximum absolute atomic E-state index is 11.1. The molecule has 5 rings (SSSR count). The Morgan fingerprint density at radius 1 is 0.950 bits per heavy atom. The molecule has 4 aliphatic heterocycles. The maximum Gasteiger partial charge on any atom is 0.0739 e. The zero-order valence-electron chi connectivity index (χ0n) is 12.6. The normalized spacial score (nSPS) is 48.5. The molecule has 0 aliphatic carbocycles. The molecule has 0 radical (unpaired) electrons. The molecule has 4 aliphatic rings. The van der Waals surface area contributed by atoms with Gasteiger partial charge in [-0.2, -0.15) is 0 Å². The van der Waals surface area contributed by atoms with E-state index in [1.165, 1.54) is 5.56 Å². The van der Waals surface area contributed by atoms with Gasteiger partial charge >= 0.3 is 0 Å². The Labute approximate surface area is 121 Å². The third kappa shape index (κ3) is 1.36. The second-order valence-electron chi connectivity index (χ2n) is 7.79. The molecule has 4 fully saturated rings. The fraction of sp³-hybridized carbons (Fsp3) is 0.647. The highest BCUT2D eigenvalue weighted by Crippen LogP contribution is 2.54. The van der Waals surface area contributed by atoms with Gasteiger partial charge in [-0.1, -0.05) is 37.3 Å². The SMILES string of the molecule is CC12CN3CC(c4ccccc4)(CN(C1)C3(C)C)C2O. The molecule has 3 atom stereocenters. The van der Waals surface area contributed by atoms with E-state index in [4.69, 9.17) is 0 Å². The largest absolute Gasteiger partial charge is 0.391 e. The predicted molar refractivity (Wildman–Crippen MR) is 79.5 cm³/mol. The first-order valence-corrected chi connectivity index (χ1v) is 7.62. The number of hydrogen-bond donors (Lipinski definition) is 1. The monoisotopic (exact) mass is 272 g/mol. The standard InChI is InChI=1S/C17H24N2O/c1-15(2)18-9-16(3)10-19(15)12-17(11-18,14(16)20)13-7-5-4-6-8-13/h4-8,14,20H,9-12H2,1-3H3. The molecule has 4 heterocycles. The summed E-state index contributed by atoms with van der Waals surface area (Å²) in [6.45, 7) is 10.8. The lowest BCUT2D eigenvalue weighted by atomic mass is 9.56. The van der Waals surface area contributed by atoms with Crippen molar-refractivity contribution in [2.45, 2.75) is 38.0 Å². The van der Waals surface area contributed by atoms with E-state index < -0.39 is 0 Å². The van der Waals surface area contributed by atoms with Gasteiger partial charge in [0.1, 0.15) is 0 Å². The Kier molecular flexibility index (Phi) is 2.34. The minimum atomic E-state index is -0.249. The molecule has 4 saturated heterocycles. The molecule has 20 heavy (non-hydrogen) atoms. The van der Waals surface area contributed by atoms with E-state index in [0.717, 1.165) is 26.2 Å². The summed E-state index contributed by atoms with van der Waals surface area (Å²) in [5, 5.41) is 11.1. The Bertz CT molecular complexity index is 521. The highest BCUT2D eigenvalue weighted by atomic mass is 16.3. The summed E-state index contributed by atoms with van der Waals surface area (Å²) in [4.78, 5) is 5.14. The molecule has 0 saturated carbocycles. The van der Waals surface area contributed by atoms with E-state index in [2.05, 4.69) is 60.9 Å². The van der Waals surface area contributed by atoms with Gasteiger partial charge in [0.15, 0.2) is 0 Å². The summed E-state index contributed by atoms with van der Waals surface area (Å²) in [5.74, 6) is 0. The lowest BCUT2D eigenvalue weighted by Crippen LogP contribution is -2.84. The molecule has 3 heteroatoms. The molecular formula is C17H24N2O. The Balaban J connectivity index is 1.86. The minimum absolute atomic E-state index is 0.0120. The highest BCUT2D eigenvalue weighted by molar-refractivity contribution is 5.35. The summed E-state index contributed by atoms with van der Waals surface area (Å²) in [6, 6.07) is 10.6. The van der Waals surface area contributed by atoms with E-state index in [9.17, 15) is 5.11 Å². The van der Waals surface area contributed by atoms with Gasteiger partial charge in [0, 0.05) is 37.0 Å². The lowest BCUT2D eigenvalue weighted by Gasteiger charge is -2.72. The van der Waals surface area contributed by atoms with Crippen molar-refractivity contribution in [3.63, 3.8) is 0 Å². The van der Waals surface area contributed by atoms with Crippen molar-refractivity contribution in [3.05, 3.63) is 35.9 Å². The van der Waals surface area contributed by atoms with Crippen LogP contribution in [0.2, 0.25) is 0 Å². The average molecular weight is 272 g/mol. The number of benzene rings is 1. The molecule has 0 amide bonds. The van der Waals surface area contributed by atoms with Crippen LogP contribution >= 0.6 is 0 Å². The van der Waals surface area contributed by atoms with Crippen molar-refractivity contribution in [2.75, 3.05) is 26.2 Å². The Morgan fingerprint density at radius 3 is 2.05 bits per heavy atom. The van der Waals surface area contributed by atoms with Crippen molar-refractivity contribution in [1.29, 1.82) is 0 Å². The zero-order chi connectivity index (χ0) is 14.2. The molecule has 0 spiro atoms. The van der Waals surface area contributed by atoms with Gasteiger partial charge in [-0.05, 0) is 19.4 Å². The van der Waals surface area contributed by atoms with Crippen LogP contribution < -0.4 is 0 Å². The maximum atomic E-state index is 11.1. The van der Waals surface area contributed by atoms with E-state index in [1.807, 2.05) is 0 Å². The Morgan fingerprint density at radius 2 is 1.50 bits per heavy atom. The van der Waals surface area contributed by atoms with Gasteiger partial charge < -0.3 is 5.11 Å². The third-order valence-electron chi connectivity index (χ3n) is 6.13. The van der Waals surface area contributed by atoms with Crippen molar-refractivity contribution in [1.82, 2.24) is 9.80 Å². The van der Waals surface area contributed by atoms with Crippen LogP contribution in [0.5, 0.6) is 0 Å². The molecule has 0 aromatic heterocycles. The number of rotatable bonds is 1. The second kappa shape index (κ2) is 3.65. The van der Waals surface area contributed by atoms with Crippen LogP contribution in [0.15, 0.2) is 30.3 Å². The Hall–Kier alpha value is -0.900. The smallest absolute Gasteiger partial charge is 0.0739 e. The summed E-state index contributed by atoms with van der Waals surface area (Å²) >= 11 is 0. The number of hydrogen-bond acceptors (Lipinski definition) is 3. The van der Waals surface area contributed by atoms with Gasteiger partial charge in [0.05, 0.1) is 11.8 Å². The van der Waals surface area contributed by atoms with Crippen molar-refractivity contribution in [3.8, 4) is 0 Å².